The number of carbonyl (C=O) groups is 3. The second-order valence-electron chi connectivity index (χ2n) is 14.2. The van der Waals surface area contributed by atoms with Crippen molar-refractivity contribution in [3.8, 4) is 5.75 Å². The summed E-state index contributed by atoms with van der Waals surface area (Å²) in [6.45, 7) is 1.30. The molecule has 0 spiro atoms. The van der Waals surface area contributed by atoms with Crippen molar-refractivity contribution in [2.45, 2.75) is 75.7 Å². The van der Waals surface area contributed by atoms with E-state index >= 15 is 13.2 Å². The summed E-state index contributed by atoms with van der Waals surface area (Å²) in [6.07, 6.45) is 0.960. The highest BCUT2D eigenvalue weighted by Gasteiger charge is 2.64. The zero-order chi connectivity index (χ0) is 34.2. The highest BCUT2D eigenvalue weighted by molar-refractivity contribution is 6.25. The lowest BCUT2D eigenvalue weighted by atomic mass is 9.58. The zero-order valence-corrected chi connectivity index (χ0v) is 26.8. The topological polar surface area (TPSA) is 154 Å². The Morgan fingerprint density at radius 1 is 1.06 bits per heavy atom. The highest BCUT2D eigenvalue weighted by atomic mass is 19.4. The van der Waals surface area contributed by atoms with Gasteiger partial charge < -0.3 is 25.8 Å². The average Bonchev–Trinajstić information content (AvgIpc) is 3.62. The average molecular weight is 662 g/mol. The number of aliphatic hydroxyl groups is 2. The molecule has 0 radical (unpaired) electrons. The Morgan fingerprint density at radius 3 is 2.21 bits per heavy atom. The molecule has 6 rings (SSSR count). The number of alkyl halides is 3. The molecule has 256 valence electrons. The van der Waals surface area contributed by atoms with Crippen LogP contribution in [0.25, 0.3) is 0 Å². The quantitative estimate of drug-likeness (QED) is 0.285. The van der Waals surface area contributed by atoms with E-state index in [1.807, 2.05) is 0 Å². The van der Waals surface area contributed by atoms with Gasteiger partial charge in [-0.15, -0.1) is 0 Å². The number of Topliss-reactive ketones (excluding diaryl/α,β-unsaturated/α-hetero) is 2. The first kappa shape index (κ1) is 33.5. The van der Waals surface area contributed by atoms with Gasteiger partial charge in [0.2, 0.25) is 5.78 Å². The van der Waals surface area contributed by atoms with E-state index in [2.05, 4.69) is 4.90 Å². The number of nitrogens with two attached hydrogens (primary N) is 1. The minimum atomic E-state index is -4.86. The van der Waals surface area contributed by atoms with Crippen molar-refractivity contribution < 1.29 is 47.6 Å². The number of likely N-dealkylation sites (N-methyl/N-ethyl adjacent to an activating group) is 1. The number of aromatic hydroxyl groups is 1. The molecule has 13 heteroatoms. The smallest absolute Gasteiger partial charge is 0.417 e. The minimum Gasteiger partial charge on any atom is -0.510 e. The molecule has 0 heterocycles. The summed E-state index contributed by atoms with van der Waals surface area (Å²) in [4.78, 5) is 43.8. The fraction of sp³-hybridized carbons (Fsp3) is 0.618. The number of phenols is 1. The van der Waals surface area contributed by atoms with Crippen molar-refractivity contribution in [3.63, 3.8) is 0 Å². The highest BCUT2D eigenvalue weighted by Crippen LogP contribution is 2.55. The van der Waals surface area contributed by atoms with Crippen LogP contribution in [0, 0.1) is 23.7 Å². The van der Waals surface area contributed by atoms with Gasteiger partial charge in [-0.3, -0.25) is 24.2 Å². The Labute approximate surface area is 271 Å². The Kier molecular flexibility index (Phi) is 8.49. The summed E-state index contributed by atoms with van der Waals surface area (Å²) in [6, 6.07) is -0.0902. The Morgan fingerprint density at radius 2 is 1.68 bits per heavy atom. The molecule has 10 nitrogen and oxygen atoms in total. The maximum atomic E-state index is 15.1. The largest absolute Gasteiger partial charge is 0.510 e. The second kappa shape index (κ2) is 11.9. The number of carbonyl (C=O) groups excluding carboxylic acids is 3. The molecule has 2 saturated carbocycles. The standard InChI is InChI=1S/C34H42F3N3O7/c1-39(2)27-21-11-18-10-20-24(28(42)23(18)30(44)33(21,47-3)31(45)25(29(27)43)32(38)46)22(41)12-19(26(20)34(35,36)37)15-40(14-17-8-9-17)13-16-6-4-5-7-16/h12,16-18,21,27,41,43-44H,4-11,13-15H2,1-3H3,(H2,38,46)/t18-,21-,27-,33-/m0/s1. The molecule has 5 N–H and O–H groups in total. The minimum absolute atomic E-state index is 0.0311. The van der Waals surface area contributed by atoms with Gasteiger partial charge in [-0.1, -0.05) is 12.8 Å². The molecule has 1 amide bonds. The van der Waals surface area contributed by atoms with E-state index in [9.17, 15) is 29.7 Å². The molecule has 0 bridgehead atoms. The van der Waals surface area contributed by atoms with E-state index in [1.165, 1.54) is 4.90 Å². The number of nitrogens with zero attached hydrogens (tertiary/aromatic N) is 2. The summed E-state index contributed by atoms with van der Waals surface area (Å²) in [5.41, 5.74) is -0.0183. The third kappa shape index (κ3) is 5.44. The van der Waals surface area contributed by atoms with E-state index in [4.69, 9.17) is 10.5 Å². The molecule has 0 aliphatic heterocycles. The molecule has 0 aromatic heterocycles. The van der Waals surface area contributed by atoms with Crippen molar-refractivity contribution in [3.05, 3.63) is 51.0 Å². The molecule has 47 heavy (non-hydrogen) atoms. The van der Waals surface area contributed by atoms with Gasteiger partial charge in [0.15, 0.2) is 11.4 Å². The van der Waals surface area contributed by atoms with Gasteiger partial charge in [0, 0.05) is 38.2 Å². The van der Waals surface area contributed by atoms with E-state index in [-0.39, 0.29) is 36.1 Å². The molecule has 0 saturated heterocycles. The number of hydrogen-bond acceptors (Lipinski definition) is 9. The maximum absolute atomic E-state index is 15.1. The number of fused-ring (bicyclic) bond motifs is 3. The first-order valence-corrected chi connectivity index (χ1v) is 16.3. The number of methoxy groups -OCH3 is 1. The van der Waals surface area contributed by atoms with Crippen LogP contribution in [0.5, 0.6) is 5.75 Å². The first-order valence-electron chi connectivity index (χ1n) is 16.3. The van der Waals surface area contributed by atoms with E-state index in [1.54, 1.807) is 14.1 Å². The van der Waals surface area contributed by atoms with Crippen LogP contribution < -0.4 is 5.73 Å². The van der Waals surface area contributed by atoms with Gasteiger partial charge in [-0.2, -0.15) is 13.2 Å². The Hall–Kier alpha value is -3.42. The molecular formula is C34H42F3N3O7. The van der Waals surface area contributed by atoms with Crippen molar-refractivity contribution in [2.75, 3.05) is 34.3 Å². The van der Waals surface area contributed by atoms with E-state index < -0.39 is 81.1 Å². The number of halogens is 3. The van der Waals surface area contributed by atoms with E-state index in [0.29, 0.717) is 24.9 Å². The third-order valence-electron chi connectivity index (χ3n) is 11.0. The normalized spacial score (nSPS) is 28.3. The van der Waals surface area contributed by atoms with Crippen LogP contribution in [-0.4, -0.2) is 88.5 Å². The second-order valence-corrected chi connectivity index (χ2v) is 14.2. The van der Waals surface area contributed by atoms with Crippen LogP contribution in [0.1, 0.15) is 72.0 Å². The van der Waals surface area contributed by atoms with Crippen molar-refractivity contribution in [1.29, 1.82) is 0 Å². The van der Waals surface area contributed by atoms with Gasteiger partial charge in [-0.05, 0) is 87.6 Å². The molecule has 4 atom stereocenters. The number of aliphatic hydroxyl groups excluding tert-OH is 2. The number of amides is 1. The van der Waals surface area contributed by atoms with E-state index in [0.717, 1.165) is 51.7 Å². The van der Waals surface area contributed by atoms with Gasteiger partial charge in [0.05, 0.1) is 17.2 Å². The predicted molar refractivity (Wildman–Crippen MR) is 163 cm³/mol. The maximum Gasteiger partial charge on any atom is 0.417 e. The number of ether oxygens (including phenoxy) is 1. The van der Waals surface area contributed by atoms with Crippen LogP contribution in [0.4, 0.5) is 13.2 Å². The number of benzene rings is 1. The number of hydrogen-bond donors (Lipinski definition) is 4. The van der Waals surface area contributed by atoms with Gasteiger partial charge in [0.25, 0.3) is 5.91 Å². The Bertz CT molecular complexity index is 1570. The monoisotopic (exact) mass is 661 g/mol. The van der Waals surface area contributed by atoms with Crippen molar-refractivity contribution in [2.24, 2.45) is 29.4 Å². The number of phenolic OH excluding ortho intramolecular Hbond substituents is 1. The van der Waals surface area contributed by atoms with Crippen LogP contribution in [0.3, 0.4) is 0 Å². The first-order chi connectivity index (χ1) is 22.1. The molecule has 0 unspecified atom stereocenters. The van der Waals surface area contributed by atoms with Crippen LogP contribution in [0.15, 0.2) is 28.7 Å². The lowest BCUT2D eigenvalue weighted by Gasteiger charge is -2.51. The SMILES string of the molecule is CO[C@@]12C(=O)C(C(N)=O)=C(O)[C@@H](N(C)C)[C@@H]1C[C@@H]1Cc3c(c(O)cc(CN(CC4CCCC4)CC4CC4)c3C(F)(F)F)C(=O)C1=C2O. The van der Waals surface area contributed by atoms with Gasteiger partial charge in [0.1, 0.15) is 22.8 Å². The van der Waals surface area contributed by atoms with Gasteiger partial charge in [-0.25, -0.2) is 0 Å². The number of allylic oxidation sites excluding steroid dienone is 1. The molecule has 1 aromatic carbocycles. The van der Waals surface area contributed by atoms with Crippen LogP contribution in [-0.2, 0) is 33.5 Å². The summed E-state index contributed by atoms with van der Waals surface area (Å²) < 4.78 is 50.8. The molecule has 5 aliphatic carbocycles. The summed E-state index contributed by atoms with van der Waals surface area (Å²) in [5, 5.41) is 34.0. The Balaban J connectivity index is 1.48. The summed E-state index contributed by atoms with van der Waals surface area (Å²) in [7, 11) is 4.21. The van der Waals surface area contributed by atoms with Crippen molar-refractivity contribution >= 4 is 17.5 Å². The fourth-order valence-electron chi connectivity index (χ4n) is 8.86. The number of primary amides is 1. The number of rotatable bonds is 9. The lowest BCUT2D eigenvalue weighted by molar-refractivity contribution is -0.154. The zero-order valence-electron chi connectivity index (χ0n) is 26.8. The van der Waals surface area contributed by atoms with Crippen LogP contribution in [0.2, 0.25) is 0 Å². The molecule has 2 fully saturated rings. The molecule has 1 aromatic rings. The molecular weight excluding hydrogens is 619 g/mol. The third-order valence-corrected chi connectivity index (χ3v) is 11.0. The summed E-state index contributed by atoms with van der Waals surface area (Å²) in [5.74, 6) is -6.88. The molecule has 5 aliphatic rings. The lowest BCUT2D eigenvalue weighted by Crippen LogP contribution is -2.64. The number of ketones is 2. The van der Waals surface area contributed by atoms with Gasteiger partial charge >= 0.3 is 6.18 Å². The van der Waals surface area contributed by atoms with Crippen molar-refractivity contribution in [1.82, 2.24) is 9.80 Å². The summed E-state index contributed by atoms with van der Waals surface area (Å²) >= 11 is 0. The fourth-order valence-corrected chi connectivity index (χ4v) is 8.86. The predicted octanol–water partition coefficient (Wildman–Crippen LogP) is 4.20. The van der Waals surface area contributed by atoms with Crippen LogP contribution >= 0.6 is 0 Å².